The number of nitrogens with one attached hydrogen (secondary N) is 1. The number of amides is 1. The zero-order valence-electron chi connectivity index (χ0n) is 14.0. The molecule has 5 atom stereocenters. The monoisotopic (exact) mass is 311 g/mol. The Balaban J connectivity index is 3.06. The van der Waals surface area contributed by atoms with Crippen LogP contribution in [-0.2, 0) is 14.3 Å². The molecule has 0 saturated carbocycles. The van der Waals surface area contributed by atoms with Crippen molar-refractivity contribution in [3.8, 4) is 0 Å². The largest absolute Gasteiger partial charge is 0.458 e. The number of aliphatic hydroxyl groups is 1. The Labute approximate surface area is 133 Å². The van der Waals surface area contributed by atoms with Gasteiger partial charge >= 0.3 is 0 Å². The molecule has 22 heavy (non-hydrogen) atoms. The molecule has 1 rings (SSSR count). The molecular formula is C17H29NO4. The lowest BCUT2D eigenvalue weighted by Gasteiger charge is -2.37. The van der Waals surface area contributed by atoms with Crippen LogP contribution in [0.15, 0.2) is 12.2 Å². The Bertz CT molecular complexity index is 409. The molecule has 1 heterocycles. The van der Waals surface area contributed by atoms with E-state index in [2.05, 4.69) is 5.32 Å². The quantitative estimate of drug-likeness (QED) is 0.505. The summed E-state index contributed by atoms with van der Waals surface area (Å²) in [5.41, 5.74) is -1.01. The highest BCUT2D eigenvalue weighted by atomic mass is 16.5. The average Bonchev–Trinajstić information content (AvgIpc) is 2.73. The summed E-state index contributed by atoms with van der Waals surface area (Å²) >= 11 is 0. The predicted molar refractivity (Wildman–Crippen MR) is 85.1 cm³/mol. The van der Waals surface area contributed by atoms with Gasteiger partial charge in [-0.05, 0) is 26.2 Å². The minimum atomic E-state index is -1.01. The second-order valence-corrected chi connectivity index (χ2v) is 6.12. The molecule has 1 saturated heterocycles. The van der Waals surface area contributed by atoms with Crippen LogP contribution in [0, 0.1) is 11.8 Å². The number of rotatable bonds is 9. The summed E-state index contributed by atoms with van der Waals surface area (Å²) in [7, 11) is 0. The summed E-state index contributed by atoms with van der Waals surface area (Å²) < 4.78 is 5.31. The summed E-state index contributed by atoms with van der Waals surface area (Å²) in [5, 5.41) is 13.6. The van der Waals surface area contributed by atoms with Crippen molar-refractivity contribution in [3.63, 3.8) is 0 Å². The Morgan fingerprint density at radius 1 is 1.41 bits per heavy atom. The van der Waals surface area contributed by atoms with E-state index in [1.165, 1.54) is 0 Å². The molecule has 126 valence electrons. The molecule has 0 aromatic rings. The van der Waals surface area contributed by atoms with Crippen molar-refractivity contribution in [1.82, 2.24) is 5.32 Å². The first-order valence-corrected chi connectivity index (χ1v) is 8.22. The molecule has 1 aliphatic heterocycles. The Kier molecular flexibility index (Phi) is 7.07. The van der Waals surface area contributed by atoms with Crippen LogP contribution in [0.5, 0.6) is 0 Å². The van der Waals surface area contributed by atoms with Crippen LogP contribution in [0.3, 0.4) is 0 Å². The standard InChI is InChI=1S/C17H29NO4/c1-5-8-10-12(7-3)14(20)15-17(4,22-11-19)13(9-6-2)16(21)18-15/h8,10-15,20H,5-7,9H2,1-4H3,(H,18,21)/b10-8-/t12-,13-,14-,15-,17-/m0/s1. The molecular weight excluding hydrogens is 282 g/mol. The van der Waals surface area contributed by atoms with Crippen LogP contribution in [0.2, 0.25) is 0 Å². The first-order valence-electron chi connectivity index (χ1n) is 8.22. The molecule has 0 spiro atoms. The van der Waals surface area contributed by atoms with Crippen molar-refractivity contribution in [1.29, 1.82) is 0 Å². The smallest absolute Gasteiger partial charge is 0.293 e. The summed E-state index contributed by atoms with van der Waals surface area (Å²) in [6.45, 7) is 8.13. The van der Waals surface area contributed by atoms with Crippen molar-refractivity contribution in [2.45, 2.75) is 71.1 Å². The summed E-state index contributed by atoms with van der Waals surface area (Å²) in [4.78, 5) is 23.2. The minimum absolute atomic E-state index is 0.0831. The number of allylic oxidation sites excluding steroid dienone is 1. The normalized spacial score (nSPS) is 31.0. The van der Waals surface area contributed by atoms with Crippen LogP contribution in [-0.4, -0.2) is 35.2 Å². The molecule has 0 aromatic heterocycles. The van der Waals surface area contributed by atoms with E-state index in [1.54, 1.807) is 6.92 Å². The summed E-state index contributed by atoms with van der Waals surface area (Å²) in [6.07, 6.45) is 6.28. The summed E-state index contributed by atoms with van der Waals surface area (Å²) in [6, 6.07) is -0.590. The molecule has 0 bridgehead atoms. The van der Waals surface area contributed by atoms with E-state index in [1.807, 2.05) is 32.9 Å². The number of ether oxygens (including phenoxy) is 1. The highest BCUT2D eigenvalue weighted by molar-refractivity contribution is 5.84. The second kappa shape index (κ2) is 8.32. The zero-order valence-corrected chi connectivity index (χ0v) is 14.0. The maximum atomic E-state index is 12.3. The lowest BCUT2D eigenvalue weighted by atomic mass is 9.78. The molecule has 0 aliphatic carbocycles. The van der Waals surface area contributed by atoms with Gasteiger partial charge in [0, 0.05) is 5.92 Å². The van der Waals surface area contributed by atoms with Crippen LogP contribution >= 0.6 is 0 Å². The summed E-state index contributed by atoms with van der Waals surface area (Å²) in [5.74, 6) is -0.653. The van der Waals surface area contributed by atoms with Crippen molar-refractivity contribution < 1.29 is 19.4 Å². The molecule has 1 amide bonds. The third-order valence-electron chi connectivity index (χ3n) is 4.67. The molecule has 0 aromatic carbocycles. The van der Waals surface area contributed by atoms with Crippen LogP contribution in [0.4, 0.5) is 0 Å². The lowest BCUT2D eigenvalue weighted by molar-refractivity contribution is -0.152. The number of carbonyl (C=O) groups excluding carboxylic acids is 2. The molecule has 0 radical (unpaired) electrons. The van der Waals surface area contributed by atoms with E-state index in [-0.39, 0.29) is 11.8 Å². The third-order valence-corrected chi connectivity index (χ3v) is 4.67. The van der Waals surface area contributed by atoms with Crippen LogP contribution < -0.4 is 5.32 Å². The van der Waals surface area contributed by atoms with Gasteiger partial charge in [0.1, 0.15) is 5.60 Å². The zero-order chi connectivity index (χ0) is 16.8. The number of aliphatic hydroxyl groups excluding tert-OH is 1. The fourth-order valence-electron chi connectivity index (χ4n) is 3.31. The predicted octanol–water partition coefficient (Wildman–Crippen LogP) is 2.19. The van der Waals surface area contributed by atoms with Crippen LogP contribution in [0.1, 0.15) is 53.4 Å². The van der Waals surface area contributed by atoms with Gasteiger partial charge in [-0.15, -0.1) is 0 Å². The first-order chi connectivity index (χ1) is 10.5. The highest BCUT2D eigenvalue weighted by Crippen LogP contribution is 2.38. The van der Waals surface area contributed by atoms with Gasteiger partial charge < -0.3 is 15.2 Å². The highest BCUT2D eigenvalue weighted by Gasteiger charge is 2.56. The van der Waals surface area contributed by atoms with E-state index in [9.17, 15) is 14.7 Å². The molecule has 2 N–H and O–H groups in total. The fourth-order valence-corrected chi connectivity index (χ4v) is 3.31. The van der Waals surface area contributed by atoms with Crippen molar-refractivity contribution in [2.75, 3.05) is 0 Å². The fraction of sp³-hybridized carbons (Fsp3) is 0.765. The Morgan fingerprint density at radius 3 is 2.59 bits per heavy atom. The first kappa shape index (κ1) is 18.7. The number of carbonyl (C=O) groups is 2. The van der Waals surface area contributed by atoms with Crippen molar-refractivity contribution >= 4 is 12.4 Å². The Hall–Kier alpha value is -1.36. The van der Waals surface area contributed by atoms with E-state index in [0.717, 1.165) is 19.3 Å². The SMILES string of the molecule is CC/C=C\[C@H](CC)[C@H](O)[C@@H]1NC(=O)[C@H](CCC)[C@]1(C)OC=O. The number of hydrogen-bond donors (Lipinski definition) is 2. The van der Waals surface area contributed by atoms with Crippen LogP contribution in [0.25, 0.3) is 0 Å². The van der Waals surface area contributed by atoms with E-state index >= 15 is 0 Å². The number of hydrogen-bond acceptors (Lipinski definition) is 4. The maximum Gasteiger partial charge on any atom is 0.293 e. The average molecular weight is 311 g/mol. The van der Waals surface area contributed by atoms with Gasteiger partial charge in [0.2, 0.25) is 5.91 Å². The van der Waals surface area contributed by atoms with Crippen molar-refractivity contribution in [2.24, 2.45) is 11.8 Å². The molecule has 1 aliphatic rings. The maximum absolute atomic E-state index is 12.3. The van der Waals surface area contributed by atoms with Gasteiger partial charge in [0.25, 0.3) is 6.47 Å². The van der Waals surface area contributed by atoms with Gasteiger partial charge in [-0.2, -0.15) is 0 Å². The molecule has 1 fully saturated rings. The second-order valence-electron chi connectivity index (χ2n) is 6.12. The van der Waals surface area contributed by atoms with Crippen molar-refractivity contribution in [3.05, 3.63) is 12.2 Å². The Morgan fingerprint density at radius 2 is 2.09 bits per heavy atom. The lowest BCUT2D eigenvalue weighted by Crippen LogP contribution is -2.54. The minimum Gasteiger partial charge on any atom is -0.458 e. The van der Waals surface area contributed by atoms with E-state index in [4.69, 9.17) is 4.74 Å². The molecule has 5 heteroatoms. The van der Waals surface area contributed by atoms with E-state index in [0.29, 0.717) is 12.9 Å². The third kappa shape index (κ3) is 3.69. The molecule has 5 nitrogen and oxygen atoms in total. The van der Waals surface area contributed by atoms with E-state index < -0.39 is 23.7 Å². The van der Waals surface area contributed by atoms with Gasteiger partial charge in [0.05, 0.1) is 18.1 Å². The molecule has 0 unspecified atom stereocenters. The van der Waals surface area contributed by atoms with Gasteiger partial charge in [-0.1, -0.05) is 39.3 Å². The van der Waals surface area contributed by atoms with Gasteiger partial charge in [-0.25, -0.2) is 0 Å². The topological polar surface area (TPSA) is 75.6 Å². The van der Waals surface area contributed by atoms with Gasteiger partial charge in [0.15, 0.2) is 0 Å². The van der Waals surface area contributed by atoms with Gasteiger partial charge in [-0.3, -0.25) is 9.59 Å².